The summed E-state index contributed by atoms with van der Waals surface area (Å²) in [6.07, 6.45) is -2.56. The zero-order chi connectivity index (χ0) is 20.9. The highest BCUT2D eigenvalue weighted by Gasteiger charge is 2.30. The van der Waals surface area contributed by atoms with E-state index in [2.05, 4.69) is 9.62 Å². The van der Waals surface area contributed by atoms with Crippen molar-refractivity contribution in [1.82, 2.24) is 9.62 Å². The van der Waals surface area contributed by atoms with Crippen molar-refractivity contribution in [3.63, 3.8) is 0 Å². The smallest absolute Gasteiger partial charge is 0.299 e. The molecule has 0 aromatic heterocycles. The van der Waals surface area contributed by atoms with E-state index in [4.69, 9.17) is 0 Å². The molecule has 158 valence electrons. The number of likely N-dealkylation sites (tertiary alicyclic amines) is 1. The van der Waals surface area contributed by atoms with E-state index in [0.717, 1.165) is 31.0 Å². The molecule has 1 aliphatic heterocycles. The first-order valence-electron chi connectivity index (χ1n) is 9.61. The third-order valence-corrected chi connectivity index (χ3v) is 6.37. The van der Waals surface area contributed by atoms with Crippen molar-refractivity contribution >= 4 is 10.0 Å². The highest BCUT2D eigenvalue weighted by atomic mass is 32.2. The van der Waals surface area contributed by atoms with Gasteiger partial charge in [0.15, 0.2) is 0 Å². The molecule has 0 aliphatic carbocycles. The van der Waals surface area contributed by atoms with Crippen molar-refractivity contribution in [2.45, 2.75) is 31.3 Å². The lowest BCUT2D eigenvalue weighted by molar-refractivity contribution is -0.137. The molecule has 0 radical (unpaired) electrons. The molecule has 29 heavy (non-hydrogen) atoms. The maximum absolute atomic E-state index is 12.9. The number of alkyl halides is 3. The van der Waals surface area contributed by atoms with Gasteiger partial charge in [0.2, 0.25) is 10.0 Å². The molecule has 1 aliphatic rings. The van der Waals surface area contributed by atoms with E-state index >= 15 is 0 Å². The van der Waals surface area contributed by atoms with Gasteiger partial charge in [-0.1, -0.05) is 48.5 Å². The van der Waals surface area contributed by atoms with Gasteiger partial charge in [0.05, 0.1) is 11.3 Å². The van der Waals surface area contributed by atoms with Crippen LogP contribution in [0.2, 0.25) is 0 Å². The molecule has 0 saturated carbocycles. The van der Waals surface area contributed by atoms with Gasteiger partial charge in [0.25, 0.3) is 0 Å². The first-order chi connectivity index (χ1) is 13.7. The zero-order valence-electron chi connectivity index (χ0n) is 16.0. The average Bonchev–Trinajstić information content (AvgIpc) is 2.67. The standard InChI is InChI=1S/C21H25F3N2O2S/c22-21(23,24)20-10-4-8-18(12-20)14-26-11-5-9-19(15-26)13-25-29(27,28)16-17-6-2-1-3-7-17/h1-4,6-8,10,12,19,25H,5,9,11,13-16H2. The zero-order valence-corrected chi connectivity index (χ0v) is 16.8. The summed E-state index contributed by atoms with van der Waals surface area (Å²) in [5.41, 5.74) is 0.706. The van der Waals surface area contributed by atoms with E-state index < -0.39 is 21.8 Å². The van der Waals surface area contributed by atoms with Gasteiger partial charge in [0.1, 0.15) is 0 Å². The fraction of sp³-hybridized carbons (Fsp3) is 0.429. The molecule has 0 bridgehead atoms. The second-order valence-electron chi connectivity index (χ2n) is 7.53. The minimum absolute atomic E-state index is 0.0610. The summed E-state index contributed by atoms with van der Waals surface area (Å²) in [7, 11) is -3.43. The molecular formula is C21H25F3N2O2S. The number of benzene rings is 2. The number of nitrogens with zero attached hydrogens (tertiary/aromatic N) is 1. The Labute approximate surface area is 169 Å². The molecule has 1 N–H and O–H groups in total. The van der Waals surface area contributed by atoms with Gasteiger partial charge in [-0.25, -0.2) is 13.1 Å². The van der Waals surface area contributed by atoms with Crippen molar-refractivity contribution in [2.75, 3.05) is 19.6 Å². The minimum Gasteiger partial charge on any atom is -0.299 e. The predicted octanol–water partition coefficient (Wildman–Crippen LogP) is 4.04. The number of nitrogens with one attached hydrogen (secondary N) is 1. The van der Waals surface area contributed by atoms with E-state index in [0.29, 0.717) is 25.2 Å². The van der Waals surface area contributed by atoms with Gasteiger partial charge in [-0.2, -0.15) is 13.2 Å². The Balaban J connectivity index is 1.53. The molecule has 1 atom stereocenters. The van der Waals surface area contributed by atoms with Gasteiger partial charge in [-0.15, -0.1) is 0 Å². The van der Waals surface area contributed by atoms with Gasteiger partial charge >= 0.3 is 6.18 Å². The van der Waals surface area contributed by atoms with Crippen LogP contribution in [0, 0.1) is 5.92 Å². The predicted molar refractivity (Wildman–Crippen MR) is 107 cm³/mol. The van der Waals surface area contributed by atoms with Crippen molar-refractivity contribution in [3.8, 4) is 0 Å². The maximum atomic E-state index is 12.9. The van der Waals surface area contributed by atoms with E-state index in [1.54, 1.807) is 30.3 Å². The second kappa shape index (κ2) is 9.28. The summed E-state index contributed by atoms with van der Waals surface area (Å²) in [4.78, 5) is 2.09. The number of halogens is 3. The summed E-state index contributed by atoms with van der Waals surface area (Å²) < 4.78 is 66.0. The first-order valence-corrected chi connectivity index (χ1v) is 11.3. The van der Waals surface area contributed by atoms with Gasteiger partial charge in [0, 0.05) is 19.6 Å². The molecule has 1 saturated heterocycles. The number of hydrogen-bond donors (Lipinski definition) is 1. The van der Waals surface area contributed by atoms with Crippen molar-refractivity contribution in [3.05, 3.63) is 71.3 Å². The Morgan fingerprint density at radius 2 is 1.76 bits per heavy atom. The number of piperidine rings is 1. The van der Waals surface area contributed by atoms with Crippen LogP contribution < -0.4 is 4.72 Å². The molecule has 1 fully saturated rings. The highest BCUT2D eigenvalue weighted by molar-refractivity contribution is 7.88. The summed E-state index contributed by atoms with van der Waals surface area (Å²) in [6.45, 7) is 2.22. The van der Waals surface area contributed by atoms with E-state index in [9.17, 15) is 21.6 Å². The normalized spacial score (nSPS) is 18.7. The molecule has 2 aromatic carbocycles. The van der Waals surface area contributed by atoms with Crippen LogP contribution in [-0.4, -0.2) is 33.0 Å². The number of sulfonamides is 1. The Morgan fingerprint density at radius 1 is 1.03 bits per heavy atom. The monoisotopic (exact) mass is 426 g/mol. The molecular weight excluding hydrogens is 401 g/mol. The lowest BCUT2D eigenvalue weighted by Crippen LogP contribution is -2.40. The number of rotatable bonds is 7. The SMILES string of the molecule is O=S(=O)(Cc1ccccc1)NCC1CCCN(Cc2cccc(C(F)(F)F)c2)C1. The second-order valence-corrected chi connectivity index (χ2v) is 9.34. The summed E-state index contributed by atoms with van der Waals surface area (Å²) >= 11 is 0. The minimum atomic E-state index is -4.35. The van der Waals surface area contributed by atoms with Gasteiger partial charge in [-0.05, 0) is 42.5 Å². The third-order valence-electron chi connectivity index (χ3n) is 5.06. The molecule has 1 unspecified atom stereocenters. The molecule has 3 rings (SSSR count). The van der Waals surface area contributed by atoms with Crippen molar-refractivity contribution in [1.29, 1.82) is 0 Å². The van der Waals surface area contributed by atoms with E-state index in [1.165, 1.54) is 12.1 Å². The summed E-state index contributed by atoms with van der Waals surface area (Å²) in [5.74, 6) is 0.0780. The number of hydrogen-bond acceptors (Lipinski definition) is 3. The van der Waals surface area contributed by atoms with Crippen LogP contribution in [0.1, 0.15) is 29.5 Å². The molecule has 8 heteroatoms. The largest absolute Gasteiger partial charge is 0.416 e. The van der Waals surface area contributed by atoms with Crippen LogP contribution in [0.5, 0.6) is 0 Å². The quantitative estimate of drug-likeness (QED) is 0.727. The van der Waals surface area contributed by atoms with Crippen LogP contribution >= 0.6 is 0 Å². The molecule has 4 nitrogen and oxygen atoms in total. The Hall–Kier alpha value is -1.90. The Morgan fingerprint density at radius 3 is 2.48 bits per heavy atom. The Bertz CT molecular complexity index is 902. The van der Waals surface area contributed by atoms with Crippen molar-refractivity contribution in [2.24, 2.45) is 5.92 Å². The third kappa shape index (κ3) is 6.83. The van der Waals surface area contributed by atoms with E-state index in [-0.39, 0.29) is 11.7 Å². The fourth-order valence-corrected chi connectivity index (χ4v) is 4.88. The summed E-state index contributed by atoms with van der Waals surface area (Å²) in [6, 6.07) is 14.4. The lowest BCUT2D eigenvalue weighted by Gasteiger charge is -2.33. The van der Waals surface area contributed by atoms with Crippen LogP contribution in [0.15, 0.2) is 54.6 Å². The molecule has 0 spiro atoms. The van der Waals surface area contributed by atoms with Crippen molar-refractivity contribution < 1.29 is 21.6 Å². The topological polar surface area (TPSA) is 49.4 Å². The maximum Gasteiger partial charge on any atom is 0.416 e. The van der Waals surface area contributed by atoms with Gasteiger partial charge in [-0.3, -0.25) is 4.90 Å². The average molecular weight is 427 g/mol. The van der Waals surface area contributed by atoms with Crippen LogP contribution in [0.25, 0.3) is 0 Å². The summed E-state index contributed by atoms with van der Waals surface area (Å²) in [5, 5.41) is 0. The van der Waals surface area contributed by atoms with Crippen LogP contribution in [0.4, 0.5) is 13.2 Å². The molecule has 2 aromatic rings. The van der Waals surface area contributed by atoms with Crippen LogP contribution in [-0.2, 0) is 28.5 Å². The molecule has 1 heterocycles. The first kappa shape index (κ1) is 21.8. The lowest BCUT2D eigenvalue weighted by atomic mass is 9.97. The highest BCUT2D eigenvalue weighted by Crippen LogP contribution is 2.30. The fourth-order valence-electron chi connectivity index (χ4n) is 3.66. The Kier molecular flexibility index (Phi) is 6.97. The molecule has 0 amide bonds. The van der Waals surface area contributed by atoms with E-state index in [1.807, 2.05) is 6.07 Å². The van der Waals surface area contributed by atoms with Gasteiger partial charge < -0.3 is 0 Å². The van der Waals surface area contributed by atoms with Crippen LogP contribution in [0.3, 0.4) is 0 Å².